The summed E-state index contributed by atoms with van der Waals surface area (Å²) < 4.78 is 2.03. The van der Waals surface area contributed by atoms with Gasteiger partial charge in [0.2, 0.25) is 0 Å². The van der Waals surface area contributed by atoms with Crippen LogP contribution in [-0.4, -0.2) is 16.3 Å². The van der Waals surface area contributed by atoms with Crippen molar-refractivity contribution in [3.05, 3.63) is 71.4 Å². The van der Waals surface area contributed by atoms with Crippen LogP contribution in [0.1, 0.15) is 16.8 Å². The molecule has 0 amide bonds. The van der Waals surface area contributed by atoms with Gasteiger partial charge in [-0.05, 0) is 38.1 Å². The summed E-state index contributed by atoms with van der Waals surface area (Å²) in [7, 11) is 0. The highest BCUT2D eigenvalue weighted by Gasteiger charge is 2.12. The van der Waals surface area contributed by atoms with Crippen molar-refractivity contribution < 1.29 is 0 Å². The Bertz CT molecular complexity index is 770. The molecule has 0 aliphatic rings. The Morgan fingerprint density at radius 1 is 1.00 bits per heavy atom. The first-order valence-electron chi connectivity index (χ1n) is 7.61. The van der Waals surface area contributed by atoms with Gasteiger partial charge in [-0.3, -0.25) is 0 Å². The van der Waals surface area contributed by atoms with Crippen LogP contribution in [-0.2, 0) is 6.42 Å². The zero-order valence-corrected chi connectivity index (χ0v) is 13.1. The first-order valence-corrected chi connectivity index (χ1v) is 7.61. The lowest BCUT2D eigenvalue weighted by atomic mass is 10.1. The molecule has 0 spiro atoms. The molecule has 0 aliphatic heterocycles. The van der Waals surface area contributed by atoms with Gasteiger partial charge in [0.1, 0.15) is 0 Å². The van der Waals surface area contributed by atoms with Crippen LogP contribution in [0.3, 0.4) is 0 Å². The topological polar surface area (TPSA) is 43.8 Å². The molecular formula is C19H21N3. The second kappa shape index (κ2) is 6.16. The van der Waals surface area contributed by atoms with Crippen molar-refractivity contribution in [2.24, 2.45) is 5.73 Å². The molecule has 2 N–H and O–H groups in total. The van der Waals surface area contributed by atoms with E-state index in [1.54, 1.807) is 0 Å². The van der Waals surface area contributed by atoms with Gasteiger partial charge in [-0.25, -0.2) is 4.68 Å². The minimum atomic E-state index is 0.609. The fourth-order valence-electron chi connectivity index (χ4n) is 2.61. The van der Waals surface area contributed by atoms with Gasteiger partial charge >= 0.3 is 0 Å². The van der Waals surface area contributed by atoms with Gasteiger partial charge in [-0.1, -0.05) is 48.0 Å². The number of rotatable bonds is 4. The molecule has 0 aliphatic carbocycles. The summed E-state index contributed by atoms with van der Waals surface area (Å²) in [5, 5.41) is 4.77. The summed E-state index contributed by atoms with van der Waals surface area (Å²) in [6, 6.07) is 19.0. The predicted octanol–water partition coefficient (Wildman–Crippen LogP) is 3.66. The maximum atomic E-state index is 5.70. The van der Waals surface area contributed by atoms with E-state index in [0.29, 0.717) is 6.54 Å². The van der Waals surface area contributed by atoms with Crippen LogP contribution in [0.4, 0.5) is 0 Å². The molecule has 3 nitrogen and oxygen atoms in total. The Morgan fingerprint density at radius 3 is 2.41 bits per heavy atom. The predicted molar refractivity (Wildman–Crippen MR) is 91.2 cm³/mol. The Labute approximate surface area is 131 Å². The molecule has 22 heavy (non-hydrogen) atoms. The molecule has 3 aromatic rings. The highest BCUT2D eigenvalue weighted by Crippen LogP contribution is 2.26. The van der Waals surface area contributed by atoms with Crippen LogP contribution in [0, 0.1) is 13.8 Å². The SMILES string of the molecule is Cc1ccc(-c2cc(CCN)nn2-c2ccccc2C)cc1. The van der Waals surface area contributed by atoms with Crippen LogP contribution < -0.4 is 5.73 Å². The quantitative estimate of drug-likeness (QED) is 0.797. The summed E-state index contributed by atoms with van der Waals surface area (Å²) in [6.45, 7) is 4.82. The molecular weight excluding hydrogens is 270 g/mol. The molecule has 0 fully saturated rings. The van der Waals surface area contributed by atoms with E-state index >= 15 is 0 Å². The zero-order valence-electron chi connectivity index (χ0n) is 13.1. The lowest BCUT2D eigenvalue weighted by molar-refractivity contribution is 0.821. The first kappa shape index (κ1) is 14.5. The van der Waals surface area contributed by atoms with Crippen molar-refractivity contribution in [1.82, 2.24) is 9.78 Å². The minimum Gasteiger partial charge on any atom is -0.330 e. The second-order valence-electron chi connectivity index (χ2n) is 5.62. The van der Waals surface area contributed by atoms with Gasteiger partial charge in [0.25, 0.3) is 0 Å². The normalized spacial score (nSPS) is 10.9. The van der Waals surface area contributed by atoms with E-state index in [9.17, 15) is 0 Å². The maximum absolute atomic E-state index is 5.70. The first-order chi connectivity index (χ1) is 10.7. The lowest BCUT2D eigenvalue weighted by Crippen LogP contribution is -2.05. The number of nitrogens with two attached hydrogens (primary N) is 1. The summed E-state index contributed by atoms with van der Waals surface area (Å²) in [5.41, 5.74) is 12.6. The van der Waals surface area contributed by atoms with Crippen LogP contribution in [0.5, 0.6) is 0 Å². The molecule has 0 radical (unpaired) electrons. The summed E-state index contributed by atoms with van der Waals surface area (Å²) in [6.07, 6.45) is 0.789. The van der Waals surface area contributed by atoms with Crippen molar-refractivity contribution >= 4 is 0 Å². The van der Waals surface area contributed by atoms with Crippen molar-refractivity contribution in [3.63, 3.8) is 0 Å². The average Bonchev–Trinajstić information content (AvgIpc) is 2.93. The molecule has 3 rings (SSSR count). The van der Waals surface area contributed by atoms with Crippen LogP contribution >= 0.6 is 0 Å². The number of benzene rings is 2. The third-order valence-corrected chi connectivity index (χ3v) is 3.85. The van der Waals surface area contributed by atoms with Gasteiger partial charge in [0, 0.05) is 12.0 Å². The monoisotopic (exact) mass is 291 g/mol. The lowest BCUT2D eigenvalue weighted by Gasteiger charge is -2.10. The largest absolute Gasteiger partial charge is 0.330 e. The van der Waals surface area contributed by atoms with Crippen LogP contribution in [0.15, 0.2) is 54.6 Å². The molecule has 2 aromatic carbocycles. The minimum absolute atomic E-state index is 0.609. The Balaban J connectivity index is 2.16. The Kier molecular flexibility index (Phi) is 4.07. The fourth-order valence-corrected chi connectivity index (χ4v) is 2.61. The van der Waals surface area contributed by atoms with Crippen molar-refractivity contribution in [1.29, 1.82) is 0 Å². The highest BCUT2D eigenvalue weighted by atomic mass is 15.3. The summed E-state index contributed by atoms with van der Waals surface area (Å²) >= 11 is 0. The van der Waals surface area contributed by atoms with Crippen LogP contribution in [0.25, 0.3) is 16.9 Å². The maximum Gasteiger partial charge on any atom is 0.0743 e. The van der Waals surface area contributed by atoms with Gasteiger partial charge in [-0.2, -0.15) is 5.10 Å². The van der Waals surface area contributed by atoms with Crippen molar-refractivity contribution in [3.8, 4) is 16.9 Å². The Morgan fingerprint density at radius 2 is 1.73 bits per heavy atom. The highest BCUT2D eigenvalue weighted by molar-refractivity contribution is 5.63. The van der Waals surface area contributed by atoms with Crippen molar-refractivity contribution in [2.45, 2.75) is 20.3 Å². The molecule has 0 unspecified atom stereocenters. The molecule has 112 valence electrons. The van der Waals surface area contributed by atoms with E-state index in [1.165, 1.54) is 16.7 Å². The molecule has 0 atom stereocenters. The number of aromatic nitrogens is 2. The van der Waals surface area contributed by atoms with E-state index in [4.69, 9.17) is 10.8 Å². The molecule has 0 saturated carbocycles. The van der Waals surface area contributed by atoms with Gasteiger partial charge in [0.05, 0.1) is 17.1 Å². The molecule has 0 saturated heterocycles. The molecule has 0 bridgehead atoms. The van der Waals surface area contributed by atoms with E-state index in [0.717, 1.165) is 23.5 Å². The van der Waals surface area contributed by atoms with E-state index in [2.05, 4.69) is 62.4 Å². The molecule has 3 heteroatoms. The van der Waals surface area contributed by atoms with Gasteiger partial charge in [-0.15, -0.1) is 0 Å². The van der Waals surface area contributed by atoms with E-state index in [1.807, 2.05) is 10.7 Å². The van der Waals surface area contributed by atoms with Gasteiger partial charge in [0.15, 0.2) is 0 Å². The number of hydrogen-bond donors (Lipinski definition) is 1. The van der Waals surface area contributed by atoms with Crippen molar-refractivity contribution in [2.75, 3.05) is 6.54 Å². The fraction of sp³-hybridized carbons (Fsp3) is 0.211. The van der Waals surface area contributed by atoms with Gasteiger partial charge < -0.3 is 5.73 Å². The summed E-state index contributed by atoms with van der Waals surface area (Å²) in [4.78, 5) is 0. The summed E-state index contributed by atoms with van der Waals surface area (Å²) in [5.74, 6) is 0. The molecule has 1 aromatic heterocycles. The third-order valence-electron chi connectivity index (χ3n) is 3.85. The number of nitrogens with zero attached hydrogens (tertiary/aromatic N) is 2. The third kappa shape index (κ3) is 2.81. The Hall–Kier alpha value is -2.39. The van der Waals surface area contributed by atoms with E-state index in [-0.39, 0.29) is 0 Å². The van der Waals surface area contributed by atoms with Crippen LogP contribution in [0.2, 0.25) is 0 Å². The number of para-hydroxylation sites is 1. The number of aryl methyl sites for hydroxylation is 2. The number of hydrogen-bond acceptors (Lipinski definition) is 2. The molecule has 1 heterocycles. The smallest absolute Gasteiger partial charge is 0.0743 e. The van der Waals surface area contributed by atoms with E-state index < -0.39 is 0 Å². The average molecular weight is 291 g/mol. The standard InChI is InChI=1S/C19H21N3/c1-14-7-9-16(10-8-14)19-13-17(11-12-20)21-22(19)18-6-4-3-5-15(18)2/h3-10,13H,11-12,20H2,1-2H3. The second-order valence-corrected chi connectivity index (χ2v) is 5.62. The zero-order chi connectivity index (χ0) is 15.5.